The number of ether oxygens (including phenoxy) is 1. The van der Waals surface area contributed by atoms with Gasteiger partial charge in [0.15, 0.2) is 0 Å². The number of rotatable bonds is 6. The molecular formula is C29H50O3Si. The van der Waals surface area contributed by atoms with E-state index < -0.39 is 8.32 Å². The highest BCUT2D eigenvalue weighted by Gasteiger charge is 2.61. The quantitative estimate of drug-likeness (QED) is 0.291. The molecule has 0 aromatic carbocycles. The molecule has 2 unspecified atom stereocenters. The molecule has 3 fully saturated rings. The summed E-state index contributed by atoms with van der Waals surface area (Å²) in [4.78, 5) is 11.8. The highest BCUT2D eigenvalue weighted by atomic mass is 28.4. The molecule has 0 amide bonds. The molecular weight excluding hydrogens is 424 g/mol. The standard InChI is InChI=1S/C29H50O3Si/c1-19-13-15-28(3)21(17-19)18-25(32-33(6,7)8)27-23-11-10-22(20(2)9-12-26(30)31-5)29(23,4)16-14-24(27)28/h18-24,27H,9-17H2,1-8H3/t19-,20-,21+,22-,23?,24?,27+,28+,29-/m1/s1. The van der Waals surface area contributed by atoms with E-state index in [-0.39, 0.29) is 5.97 Å². The molecule has 0 aromatic heterocycles. The van der Waals surface area contributed by atoms with Crippen molar-refractivity contribution in [2.75, 3.05) is 7.11 Å². The maximum Gasteiger partial charge on any atom is 0.305 e. The summed E-state index contributed by atoms with van der Waals surface area (Å²) in [7, 11) is -0.165. The summed E-state index contributed by atoms with van der Waals surface area (Å²) in [6.45, 7) is 17.1. The predicted molar refractivity (Wildman–Crippen MR) is 138 cm³/mol. The van der Waals surface area contributed by atoms with E-state index in [1.165, 1.54) is 57.8 Å². The number of carbonyl (C=O) groups is 1. The summed E-state index contributed by atoms with van der Waals surface area (Å²) in [6, 6.07) is 0. The third-order valence-electron chi connectivity index (χ3n) is 10.7. The van der Waals surface area contributed by atoms with Crippen molar-refractivity contribution in [1.82, 2.24) is 0 Å². The second kappa shape index (κ2) is 9.02. The van der Waals surface area contributed by atoms with Crippen molar-refractivity contribution in [3.63, 3.8) is 0 Å². The number of methoxy groups -OCH3 is 1. The molecule has 0 bridgehead atoms. The van der Waals surface area contributed by atoms with E-state index in [1.807, 2.05) is 0 Å². The van der Waals surface area contributed by atoms with Gasteiger partial charge in [-0.05, 0) is 117 Å². The van der Waals surface area contributed by atoms with Crippen molar-refractivity contribution < 1.29 is 14.0 Å². The summed E-state index contributed by atoms with van der Waals surface area (Å²) in [6.07, 6.45) is 13.6. The SMILES string of the molecule is COC(=O)CC[C@@H](C)[C@H]1CCC2[C@@H]3C(O[Si](C)(C)C)=C[C@@H]4C[C@H](C)CC[C@]4(C)C3CC[C@@]21C. The highest BCUT2D eigenvalue weighted by molar-refractivity contribution is 6.70. The Morgan fingerprint density at radius 3 is 2.42 bits per heavy atom. The first-order valence-corrected chi connectivity index (χ1v) is 17.3. The predicted octanol–water partition coefficient (Wildman–Crippen LogP) is 7.83. The van der Waals surface area contributed by atoms with Crippen molar-refractivity contribution in [2.45, 2.75) is 105 Å². The first kappa shape index (κ1) is 25.3. The minimum atomic E-state index is -1.68. The molecule has 0 aliphatic heterocycles. The Balaban J connectivity index is 1.64. The van der Waals surface area contributed by atoms with Crippen LogP contribution >= 0.6 is 0 Å². The van der Waals surface area contributed by atoms with Crippen LogP contribution in [-0.2, 0) is 14.0 Å². The fourth-order valence-corrected chi connectivity index (χ4v) is 9.86. The van der Waals surface area contributed by atoms with Gasteiger partial charge in [0.05, 0.1) is 12.9 Å². The molecule has 0 heterocycles. The van der Waals surface area contributed by atoms with Gasteiger partial charge in [-0.25, -0.2) is 0 Å². The zero-order valence-electron chi connectivity index (χ0n) is 22.7. The van der Waals surface area contributed by atoms with E-state index in [1.54, 1.807) is 0 Å². The number of carbonyl (C=O) groups excluding carboxylic acids is 1. The van der Waals surface area contributed by atoms with E-state index >= 15 is 0 Å². The maximum atomic E-state index is 11.8. The Kier molecular flexibility index (Phi) is 6.93. The topological polar surface area (TPSA) is 35.5 Å². The van der Waals surface area contributed by atoms with Gasteiger partial charge in [0.1, 0.15) is 0 Å². The molecule has 33 heavy (non-hydrogen) atoms. The molecule has 4 aliphatic carbocycles. The van der Waals surface area contributed by atoms with Gasteiger partial charge in [-0.2, -0.15) is 0 Å². The second-order valence-corrected chi connectivity index (χ2v) is 18.3. The lowest BCUT2D eigenvalue weighted by atomic mass is 9.45. The van der Waals surface area contributed by atoms with Crippen LogP contribution < -0.4 is 0 Å². The van der Waals surface area contributed by atoms with Crippen LogP contribution in [0.5, 0.6) is 0 Å². The van der Waals surface area contributed by atoms with Crippen molar-refractivity contribution in [1.29, 1.82) is 0 Å². The van der Waals surface area contributed by atoms with Gasteiger partial charge in [-0.1, -0.05) is 34.1 Å². The fourth-order valence-electron chi connectivity index (χ4n) is 8.95. The summed E-state index contributed by atoms with van der Waals surface area (Å²) in [5.74, 6) is 6.24. The summed E-state index contributed by atoms with van der Waals surface area (Å²) in [5.41, 5.74) is 0.809. The van der Waals surface area contributed by atoms with Crippen molar-refractivity contribution >= 4 is 14.3 Å². The zero-order chi connectivity index (χ0) is 24.2. The van der Waals surface area contributed by atoms with E-state index in [4.69, 9.17) is 9.16 Å². The average Bonchev–Trinajstić information content (AvgIpc) is 3.09. The van der Waals surface area contributed by atoms with Crippen LogP contribution in [-0.4, -0.2) is 21.4 Å². The van der Waals surface area contributed by atoms with Gasteiger partial charge in [0.25, 0.3) is 0 Å². The molecule has 0 aromatic rings. The summed E-state index contributed by atoms with van der Waals surface area (Å²) >= 11 is 0. The van der Waals surface area contributed by atoms with Gasteiger partial charge in [0, 0.05) is 12.3 Å². The molecule has 4 aliphatic rings. The minimum Gasteiger partial charge on any atom is -0.547 e. The molecule has 3 saturated carbocycles. The smallest absolute Gasteiger partial charge is 0.305 e. The first-order valence-electron chi connectivity index (χ1n) is 13.9. The number of allylic oxidation sites excluding steroid dienone is 2. The number of esters is 1. The van der Waals surface area contributed by atoms with E-state index in [0.29, 0.717) is 40.9 Å². The van der Waals surface area contributed by atoms with E-state index in [0.717, 1.165) is 24.2 Å². The molecule has 4 heteroatoms. The fraction of sp³-hybridized carbons (Fsp3) is 0.897. The van der Waals surface area contributed by atoms with Crippen LogP contribution in [0.3, 0.4) is 0 Å². The van der Waals surface area contributed by atoms with Crippen molar-refractivity contribution in [3.05, 3.63) is 11.8 Å². The van der Waals surface area contributed by atoms with Gasteiger partial charge in [-0.15, -0.1) is 0 Å². The lowest BCUT2D eigenvalue weighted by Gasteiger charge is -2.60. The number of hydrogen-bond donors (Lipinski definition) is 0. The Bertz CT molecular complexity index is 769. The number of fused-ring (bicyclic) bond motifs is 5. The zero-order valence-corrected chi connectivity index (χ0v) is 23.7. The summed E-state index contributed by atoms with van der Waals surface area (Å²) < 4.78 is 11.9. The van der Waals surface area contributed by atoms with Gasteiger partial charge < -0.3 is 9.16 Å². The molecule has 0 saturated heterocycles. The Morgan fingerprint density at radius 2 is 1.76 bits per heavy atom. The molecule has 188 valence electrons. The number of hydrogen-bond acceptors (Lipinski definition) is 3. The van der Waals surface area contributed by atoms with Crippen LogP contribution in [0.15, 0.2) is 11.8 Å². The Morgan fingerprint density at radius 1 is 1.09 bits per heavy atom. The van der Waals surface area contributed by atoms with Gasteiger partial charge in [0.2, 0.25) is 8.32 Å². The van der Waals surface area contributed by atoms with Gasteiger partial charge >= 0.3 is 5.97 Å². The van der Waals surface area contributed by atoms with Gasteiger partial charge in [-0.3, -0.25) is 4.79 Å². The maximum absolute atomic E-state index is 11.8. The monoisotopic (exact) mass is 474 g/mol. The first-order chi connectivity index (χ1) is 15.4. The minimum absolute atomic E-state index is 0.0585. The molecule has 4 rings (SSSR count). The van der Waals surface area contributed by atoms with Crippen LogP contribution in [0.1, 0.15) is 85.5 Å². The Hall–Kier alpha value is -0.773. The van der Waals surface area contributed by atoms with E-state index in [9.17, 15) is 4.79 Å². The van der Waals surface area contributed by atoms with Crippen LogP contribution in [0.4, 0.5) is 0 Å². The third-order valence-corrected chi connectivity index (χ3v) is 11.6. The van der Waals surface area contributed by atoms with Crippen LogP contribution in [0, 0.1) is 52.3 Å². The largest absolute Gasteiger partial charge is 0.547 e. The second-order valence-electron chi connectivity index (χ2n) is 13.8. The Labute approximate surface area is 204 Å². The molecule has 0 spiro atoms. The normalized spacial score (nSPS) is 43.6. The van der Waals surface area contributed by atoms with Crippen molar-refractivity contribution in [2.24, 2.45) is 52.3 Å². The molecule has 3 nitrogen and oxygen atoms in total. The van der Waals surface area contributed by atoms with E-state index in [2.05, 4.69) is 53.4 Å². The lowest BCUT2D eigenvalue weighted by molar-refractivity contribution is -0.141. The lowest BCUT2D eigenvalue weighted by Crippen LogP contribution is -2.54. The third kappa shape index (κ3) is 4.59. The average molecular weight is 475 g/mol. The van der Waals surface area contributed by atoms with Crippen molar-refractivity contribution in [3.8, 4) is 0 Å². The molecule has 0 N–H and O–H groups in total. The molecule has 9 atom stereocenters. The van der Waals surface area contributed by atoms with Crippen LogP contribution in [0.2, 0.25) is 19.6 Å². The summed E-state index contributed by atoms with van der Waals surface area (Å²) in [5, 5.41) is 0. The molecule has 0 radical (unpaired) electrons. The highest BCUT2D eigenvalue weighted by Crippen LogP contribution is 2.68. The van der Waals surface area contributed by atoms with Crippen LogP contribution in [0.25, 0.3) is 0 Å².